The molecule has 2 N–H and O–H groups in total. The smallest absolute Gasteiger partial charge is 0.422 e. The van der Waals surface area contributed by atoms with E-state index in [0.717, 1.165) is 0 Å². The van der Waals surface area contributed by atoms with Crippen molar-refractivity contribution < 1.29 is 17.9 Å². The van der Waals surface area contributed by atoms with Gasteiger partial charge in [0.15, 0.2) is 12.6 Å². The molecule has 0 saturated carbocycles. The molecular weight excluding hydrogens is 412 g/mol. The Morgan fingerprint density at radius 3 is 2.77 bits per heavy atom. The highest BCUT2D eigenvalue weighted by molar-refractivity contribution is 14.0. The number of halogens is 4. The van der Waals surface area contributed by atoms with E-state index in [0.29, 0.717) is 18.1 Å². The number of rotatable bonds is 6. The van der Waals surface area contributed by atoms with Crippen molar-refractivity contribution in [1.82, 2.24) is 15.6 Å². The number of alkyl halides is 3. The quantitative estimate of drug-likeness (QED) is 0.315. The molecular formula is C13H18F3IN4O. The van der Waals surface area contributed by atoms with E-state index >= 15 is 0 Å². The first-order valence-electron chi connectivity index (χ1n) is 6.15. The molecule has 0 aliphatic carbocycles. The van der Waals surface area contributed by atoms with Crippen LogP contribution in [0, 0.1) is 0 Å². The van der Waals surface area contributed by atoms with Crippen LogP contribution in [0.25, 0.3) is 0 Å². The predicted molar refractivity (Wildman–Crippen MR) is 89.6 cm³/mol. The number of pyridine rings is 1. The lowest BCUT2D eigenvalue weighted by Gasteiger charge is -2.14. The molecule has 124 valence electrons. The van der Waals surface area contributed by atoms with Crippen LogP contribution in [-0.2, 0) is 6.54 Å². The molecule has 9 heteroatoms. The molecule has 1 aromatic heterocycles. The van der Waals surface area contributed by atoms with Crippen molar-refractivity contribution in [3.8, 4) is 5.88 Å². The van der Waals surface area contributed by atoms with Crippen LogP contribution in [0.2, 0.25) is 0 Å². The summed E-state index contributed by atoms with van der Waals surface area (Å²) in [6.07, 6.45) is -1.36. The highest BCUT2D eigenvalue weighted by Crippen LogP contribution is 2.19. The number of aromatic nitrogens is 1. The average molecular weight is 430 g/mol. The summed E-state index contributed by atoms with van der Waals surface area (Å²) in [4.78, 5) is 7.77. The Morgan fingerprint density at radius 2 is 2.18 bits per heavy atom. The van der Waals surface area contributed by atoms with Crippen LogP contribution >= 0.6 is 24.0 Å². The first-order valence-corrected chi connectivity index (χ1v) is 6.15. The molecule has 0 saturated heterocycles. The van der Waals surface area contributed by atoms with Crippen molar-refractivity contribution in [2.45, 2.75) is 12.7 Å². The number of ether oxygens (including phenoxy) is 1. The van der Waals surface area contributed by atoms with Gasteiger partial charge in [0.1, 0.15) is 0 Å². The zero-order chi connectivity index (χ0) is 15.7. The molecule has 1 rings (SSSR count). The fraction of sp³-hybridized carbons (Fsp3) is 0.385. The topological polar surface area (TPSA) is 58.5 Å². The van der Waals surface area contributed by atoms with Crippen LogP contribution in [-0.4, -0.2) is 37.3 Å². The summed E-state index contributed by atoms with van der Waals surface area (Å²) in [5.41, 5.74) is 0.503. The molecule has 0 bridgehead atoms. The summed E-state index contributed by atoms with van der Waals surface area (Å²) >= 11 is 0. The highest BCUT2D eigenvalue weighted by Gasteiger charge is 2.29. The zero-order valence-corrected chi connectivity index (χ0v) is 14.3. The van der Waals surface area contributed by atoms with Gasteiger partial charge in [0.2, 0.25) is 5.88 Å². The summed E-state index contributed by atoms with van der Waals surface area (Å²) < 4.78 is 41.2. The van der Waals surface area contributed by atoms with Crippen LogP contribution in [0.4, 0.5) is 13.2 Å². The standard InChI is InChI=1S/C13H17F3N4O.HI/c1-3-6-19-12(17-2)20-8-10-5-4-7-18-11(10)21-9-13(14,15)16;/h3-5,7H,1,6,8-9H2,2H3,(H2,17,19,20);1H. The van der Waals surface area contributed by atoms with Crippen LogP contribution < -0.4 is 15.4 Å². The number of nitrogens with one attached hydrogen (secondary N) is 2. The number of guanidine groups is 1. The van der Waals surface area contributed by atoms with E-state index in [1.165, 1.54) is 6.20 Å². The predicted octanol–water partition coefficient (Wildman–Crippen LogP) is 2.49. The summed E-state index contributed by atoms with van der Waals surface area (Å²) in [6, 6.07) is 3.25. The Kier molecular flexibility index (Phi) is 9.54. The van der Waals surface area contributed by atoms with E-state index in [-0.39, 0.29) is 36.4 Å². The number of aliphatic imine (C=N–C) groups is 1. The molecule has 1 heterocycles. The minimum Gasteiger partial charge on any atom is -0.468 e. The van der Waals surface area contributed by atoms with Gasteiger partial charge in [-0.15, -0.1) is 30.6 Å². The summed E-state index contributed by atoms with van der Waals surface area (Å²) in [5, 5.41) is 5.89. The minimum atomic E-state index is -4.40. The van der Waals surface area contributed by atoms with Gasteiger partial charge in [-0.3, -0.25) is 4.99 Å². The van der Waals surface area contributed by atoms with Crippen LogP contribution in [0.3, 0.4) is 0 Å². The van der Waals surface area contributed by atoms with Crippen molar-refractivity contribution in [1.29, 1.82) is 0 Å². The molecule has 0 fully saturated rings. The molecule has 0 aliphatic rings. The molecule has 0 aliphatic heterocycles. The normalized spacial score (nSPS) is 11.4. The van der Waals surface area contributed by atoms with Crippen molar-refractivity contribution in [2.24, 2.45) is 4.99 Å². The fourth-order valence-corrected chi connectivity index (χ4v) is 1.41. The Morgan fingerprint density at radius 1 is 1.45 bits per heavy atom. The fourth-order valence-electron chi connectivity index (χ4n) is 1.41. The second-order valence-corrected chi connectivity index (χ2v) is 3.97. The van der Waals surface area contributed by atoms with E-state index in [1.807, 2.05) is 0 Å². The van der Waals surface area contributed by atoms with Crippen LogP contribution in [0.15, 0.2) is 36.0 Å². The Bertz CT molecular complexity index is 494. The van der Waals surface area contributed by atoms with Gasteiger partial charge >= 0.3 is 6.18 Å². The van der Waals surface area contributed by atoms with Gasteiger partial charge in [0.05, 0.1) is 0 Å². The minimum absolute atomic E-state index is 0. The van der Waals surface area contributed by atoms with E-state index < -0.39 is 12.8 Å². The SMILES string of the molecule is C=CCNC(=NC)NCc1cccnc1OCC(F)(F)F.I. The molecule has 0 amide bonds. The van der Waals surface area contributed by atoms with E-state index in [9.17, 15) is 13.2 Å². The molecule has 1 aromatic rings. The lowest BCUT2D eigenvalue weighted by Crippen LogP contribution is -2.36. The van der Waals surface area contributed by atoms with E-state index in [1.54, 1.807) is 25.3 Å². The maximum Gasteiger partial charge on any atom is 0.422 e. The first-order chi connectivity index (χ1) is 9.96. The zero-order valence-electron chi connectivity index (χ0n) is 12.0. The lowest BCUT2D eigenvalue weighted by atomic mass is 10.2. The number of hydrogen-bond donors (Lipinski definition) is 2. The average Bonchev–Trinajstić information content (AvgIpc) is 2.45. The van der Waals surface area contributed by atoms with Crippen molar-refractivity contribution >= 4 is 29.9 Å². The maximum absolute atomic E-state index is 12.2. The maximum atomic E-state index is 12.2. The van der Waals surface area contributed by atoms with Gasteiger partial charge in [0, 0.05) is 31.9 Å². The van der Waals surface area contributed by atoms with Gasteiger partial charge < -0.3 is 15.4 Å². The molecule has 0 spiro atoms. The summed E-state index contributed by atoms with van der Waals surface area (Å²) in [5.74, 6) is 0.446. The molecule has 0 radical (unpaired) electrons. The first kappa shape index (κ1) is 20.5. The van der Waals surface area contributed by atoms with Gasteiger partial charge in [-0.1, -0.05) is 12.1 Å². The van der Waals surface area contributed by atoms with Crippen LogP contribution in [0.5, 0.6) is 5.88 Å². The second kappa shape index (κ2) is 10.2. The third-order valence-corrected chi connectivity index (χ3v) is 2.31. The molecule has 0 atom stereocenters. The molecule has 0 unspecified atom stereocenters. The summed E-state index contributed by atoms with van der Waals surface area (Å²) in [7, 11) is 1.59. The second-order valence-electron chi connectivity index (χ2n) is 3.97. The van der Waals surface area contributed by atoms with Crippen molar-refractivity contribution in [2.75, 3.05) is 20.2 Å². The molecule has 0 aromatic carbocycles. The van der Waals surface area contributed by atoms with E-state index in [4.69, 9.17) is 4.74 Å². The molecule has 22 heavy (non-hydrogen) atoms. The number of hydrogen-bond acceptors (Lipinski definition) is 3. The van der Waals surface area contributed by atoms with Gasteiger partial charge in [-0.05, 0) is 6.07 Å². The van der Waals surface area contributed by atoms with Gasteiger partial charge in [-0.25, -0.2) is 4.98 Å². The third kappa shape index (κ3) is 8.05. The van der Waals surface area contributed by atoms with Gasteiger partial charge in [-0.2, -0.15) is 13.2 Å². The van der Waals surface area contributed by atoms with E-state index in [2.05, 4.69) is 27.2 Å². The third-order valence-electron chi connectivity index (χ3n) is 2.31. The highest BCUT2D eigenvalue weighted by atomic mass is 127. The van der Waals surface area contributed by atoms with Gasteiger partial charge in [0.25, 0.3) is 0 Å². The monoisotopic (exact) mass is 430 g/mol. The Labute approximate surface area is 144 Å². The van der Waals surface area contributed by atoms with Crippen LogP contribution in [0.1, 0.15) is 5.56 Å². The Balaban J connectivity index is 0.00000441. The number of nitrogens with zero attached hydrogens (tertiary/aromatic N) is 2. The Hall–Kier alpha value is -1.52. The largest absolute Gasteiger partial charge is 0.468 e. The van der Waals surface area contributed by atoms with Crippen molar-refractivity contribution in [3.05, 3.63) is 36.5 Å². The lowest BCUT2D eigenvalue weighted by molar-refractivity contribution is -0.154. The van der Waals surface area contributed by atoms with Crippen molar-refractivity contribution in [3.63, 3.8) is 0 Å². The molecule has 5 nitrogen and oxygen atoms in total. The summed E-state index contributed by atoms with van der Waals surface area (Å²) in [6.45, 7) is 2.94.